The van der Waals surface area contributed by atoms with E-state index in [0.717, 1.165) is 24.9 Å². The second kappa shape index (κ2) is 7.35. The predicted octanol–water partition coefficient (Wildman–Crippen LogP) is 4.78. The normalized spacial score (nSPS) is 16.8. The van der Waals surface area contributed by atoms with Crippen LogP contribution in [0.15, 0.2) is 59.6 Å². The van der Waals surface area contributed by atoms with Crippen molar-refractivity contribution in [3.8, 4) is 5.75 Å². The van der Waals surface area contributed by atoms with Gasteiger partial charge in [-0.05, 0) is 55.7 Å². The van der Waals surface area contributed by atoms with Gasteiger partial charge in [-0.15, -0.1) is 0 Å². The van der Waals surface area contributed by atoms with Gasteiger partial charge in [0.1, 0.15) is 21.8 Å². The number of pyridine rings is 1. The van der Waals surface area contributed by atoms with Gasteiger partial charge in [-0.25, -0.2) is 0 Å². The number of quaternary nitrogens is 1. The molecule has 1 saturated heterocycles. The zero-order valence-electron chi connectivity index (χ0n) is 15.6. The number of sulfonamides is 1. The van der Waals surface area contributed by atoms with Gasteiger partial charge >= 0.3 is 10.0 Å². The monoisotopic (exact) mass is 417 g/mol. The Bertz CT molecular complexity index is 1110. The molecule has 2 aromatic carbocycles. The Labute approximate surface area is 170 Å². The largest absolute Gasteiger partial charge is 0.494 e. The molecular formula is C21H22ClN2O3S+. The molecule has 146 valence electrons. The molecule has 0 aliphatic carbocycles. The third-order valence-electron chi connectivity index (χ3n) is 5.49. The number of nitrogens with zero attached hydrogens (tertiary/aromatic N) is 2. The van der Waals surface area contributed by atoms with Crippen LogP contribution in [0.4, 0.5) is 5.69 Å². The summed E-state index contributed by atoms with van der Waals surface area (Å²) < 4.78 is 33.4. The molecule has 4 rings (SSSR count). The van der Waals surface area contributed by atoms with Crippen molar-refractivity contribution in [1.82, 2.24) is 8.87 Å². The van der Waals surface area contributed by atoms with E-state index in [1.54, 1.807) is 49.7 Å². The molecule has 0 spiro atoms. The fourth-order valence-electron chi connectivity index (χ4n) is 4.07. The number of rotatable bonds is 4. The fourth-order valence-corrected chi connectivity index (χ4v) is 6.39. The van der Waals surface area contributed by atoms with Gasteiger partial charge in [0.2, 0.25) is 0 Å². The fraction of sp³-hybridized carbons (Fsp3) is 0.286. The second-order valence-corrected chi connectivity index (χ2v) is 9.54. The van der Waals surface area contributed by atoms with Crippen molar-refractivity contribution < 1.29 is 13.2 Å². The van der Waals surface area contributed by atoms with Gasteiger partial charge in [-0.2, -0.15) is 12.3 Å². The highest BCUT2D eigenvalue weighted by Gasteiger charge is 2.47. The van der Waals surface area contributed by atoms with Gasteiger partial charge in [0.25, 0.3) is 0 Å². The molecule has 0 radical (unpaired) electrons. The van der Waals surface area contributed by atoms with Crippen molar-refractivity contribution >= 4 is 38.2 Å². The van der Waals surface area contributed by atoms with Crippen molar-refractivity contribution in [2.24, 2.45) is 0 Å². The van der Waals surface area contributed by atoms with Crippen LogP contribution < -0.4 is 8.63 Å². The highest BCUT2D eigenvalue weighted by Crippen LogP contribution is 2.39. The SMILES string of the molecule is COc1ccc(S(=O)(=O)[N+]2(c3ccc(Cl)cc3)CCCCC2)c2cccnc12. The highest BCUT2D eigenvalue weighted by atomic mass is 35.5. The number of ether oxygens (including phenoxy) is 1. The smallest absolute Gasteiger partial charge is 0.332 e. The van der Waals surface area contributed by atoms with Crippen LogP contribution in [0.5, 0.6) is 5.75 Å². The predicted molar refractivity (Wildman–Crippen MR) is 112 cm³/mol. The average Bonchev–Trinajstić information content (AvgIpc) is 2.73. The first-order chi connectivity index (χ1) is 13.5. The van der Waals surface area contributed by atoms with E-state index in [4.69, 9.17) is 16.3 Å². The number of aromatic nitrogens is 1. The van der Waals surface area contributed by atoms with Crippen LogP contribution in [-0.4, -0.2) is 33.6 Å². The summed E-state index contributed by atoms with van der Waals surface area (Å²) in [5.41, 5.74) is 1.30. The minimum atomic E-state index is -3.74. The average molecular weight is 418 g/mol. The zero-order valence-corrected chi connectivity index (χ0v) is 17.2. The lowest BCUT2D eigenvalue weighted by atomic mass is 10.1. The molecule has 0 N–H and O–H groups in total. The van der Waals surface area contributed by atoms with Gasteiger partial charge in [0, 0.05) is 28.7 Å². The number of hydrogen-bond donors (Lipinski definition) is 0. The number of halogens is 1. The molecule has 0 saturated carbocycles. The lowest BCUT2D eigenvalue weighted by molar-refractivity contribution is 0.342. The van der Waals surface area contributed by atoms with E-state index in [2.05, 4.69) is 4.98 Å². The van der Waals surface area contributed by atoms with E-state index < -0.39 is 10.0 Å². The Hall–Kier alpha value is -2.15. The van der Waals surface area contributed by atoms with Gasteiger partial charge in [-0.1, -0.05) is 11.6 Å². The Morgan fingerprint density at radius 1 is 1.00 bits per heavy atom. The van der Waals surface area contributed by atoms with Crippen LogP contribution in [0.1, 0.15) is 19.3 Å². The molecule has 2 heterocycles. The van der Waals surface area contributed by atoms with Gasteiger partial charge < -0.3 is 4.74 Å². The van der Waals surface area contributed by atoms with Crippen LogP contribution in [0, 0.1) is 0 Å². The summed E-state index contributed by atoms with van der Waals surface area (Å²) in [6.45, 7) is 1.08. The highest BCUT2D eigenvalue weighted by molar-refractivity contribution is 7.91. The maximum Gasteiger partial charge on any atom is 0.332 e. The van der Waals surface area contributed by atoms with Crippen molar-refractivity contribution in [1.29, 1.82) is 0 Å². The van der Waals surface area contributed by atoms with Gasteiger partial charge in [0.05, 0.1) is 20.2 Å². The molecule has 1 aromatic heterocycles. The minimum Gasteiger partial charge on any atom is -0.494 e. The van der Waals surface area contributed by atoms with Crippen molar-refractivity contribution in [2.75, 3.05) is 20.2 Å². The van der Waals surface area contributed by atoms with E-state index in [9.17, 15) is 8.42 Å². The number of fused-ring (bicyclic) bond motifs is 1. The lowest BCUT2D eigenvalue weighted by Crippen LogP contribution is -2.56. The van der Waals surface area contributed by atoms with Crippen LogP contribution in [0.2, 0.25) is 5.02 Å². The number of hydrogen-bond acceptors (Lipinski definition) is 4. The van der Waals surface area contributed by atoms with E-state index >= 15 is 0 Å². The van der Waals surface area contributed by atoms with Gasteiger partial charge in [-0.3, -0.25) is 4.98 Å². The van der Waals surface area contributed by atoms with Crippen LogP contribution >= 0.6 is 11.6 Å². The van der Waals surface area contributed by atoms with Gasteiger partial charge in [0.15, 0.2) is 0 Å². The molecule has 0 bridgehead atoms. The third-order valence-corrected chi connectivity index (χ3v) is 8.15. The standard InChI is InChI=1S/C21H22ClN2O3S/c1-27-19-11-12-20(18-6-5-13-23-21(18)19)28(25,26)24(14-3-2-4-15-24)17-9-7-16(22)8-10-17/h5-13H,2-4,14-15H2,1H3/q+1. The molecule has 1 aliphatic rings. The first-order valence-electron chi connectivity index (χ1n) is 9.30. The van der Waals surface area contributed by atoms with E-state index in [1.165, 1.54) is 0 Å². The number of methoxy groups -OCH3 is 1. The summed E-state index contributed by atoms with van der Waals surface area (Å²) in [5.74, 6) is 0.561. The second-order valence-electron chi connectivity index (χ2n) is 7.01. The van der Waals surface area contributed by atoms with Crippen molar-refractivity contribution in [3.05, 3.63) is 59.8 Å². The van der Waals surface area contributed by atoms with Crippen LogP contribution in [0.3, 0.4) is 0 Å². The maximum absolute atomic E-state index is 14.1. The minimum absolute atomic E-state index is 0.0967. The summed E-state index contributed by atoms with van der Waals surface area (Å²) in [5, 5.41) is 1.18. The summed E-state index contributed by atoms with van der Waals surface area (Å²) in [6.07, 6.45) is 4.39. The molecule has 0 atom stereocenters. The molecule has 7 heteroatoms. The summed E-state index contributed by atoms with van der Waals surface area (Å²) in [4.78, 5) is 4.65. The Morgan fingerprint density at radius 3 is 2.39 bits per heavy atom. The molecule has 28 heavy (non-hydrogen) atoms. The van der Waals surface area contributed by atoms with Crippen LogP contribution in [-0.2, 0) is 10.0 Å². The topological polar surface area (TPSA) is 56.3 Å². The summed E-state index contributed by atoms with van der Waals surface area (Å²) in [6, 6.07) is 14.0. The Kier molecular flexibility index (Phi) is 5.04. The third kappa shape index (κ3) is 2.96. The van der Waals surface area contributed by atoms with Crippen molar-refractivity contribution in [2.45, 2.75) is 24.2 Å². The first kappa shape index (κ1) is 19.2. The number of piperidine rings is 1. The molecule has 0 unspecified atom stereocenters. The molecule has 1 fully saturated rings. The van der Waals surface area contributed by atoms with E-state index in [-0.39, 0.29) is 8.78 Å². The molecule has 0 amide bonds. The Balaban J connectivity index is 1.97. The molecule has 3 aromatic rings. The first-order valence-corrected chi connectivity index (χ1v) is 11.1. The molecular weight excluding hydrogens is 396 g/mol. The number of benzene rings is 2. The maximum atomic E-state index is 14.1. The van der Waals surface area contributed by atoms with Crippen molar-refractivity contribution in [3.63, 3.8) is 0 Å². The summed E-state index contributed by atoms with van der Waals surface area (Å²) in [7, 11) is -2.18. The quantitative estimate of drug-likeness (QED) is 0.573. The van der Waals surface area contributed by atoms with Crippen LogP contribution in [0.25, 0.3) is 10.9 Å². The molecule has 5 nitrogen and oxygen atoms in total. The Morgan fingerprint density at radius 2 is 1.71 bits per heavy atom. The van der Waals surface area contributed by atoms with E-state index in [1.807, 2.05) is 12.1 Å². The lowest BCUT2D eigenvalue weighted by Gasteiger charge is -2.39. The summed E-state index contributed by atoms with van der Waals surface area (Å²) >= 11 is 6.06. The zero-order chi connectivity index (χ0) is 19.8. The van der Waals surface area contributed by atoms with E-state index in [0.29, 0.717) is 34.8 Å². The molecule has 1 aliphatic heterocycles.